The van der Waals surface area contributed by atoms with Gasteiger partial charge in [0.15, 0.2) is 0 Å². The fourth-order valence-electron chi connectivity index (χ4n) is 2.67. The molecule has 1 aromatic heterocycles. The molecule has 0 amide bonds. The van der Waals surface area contributed by atoms with Crippen LogP contribution in [0.1, 0.15) is 22.3 Å². The number of rotatable bonds is 3. The van der Waals surface area contributed by atoms with E-state index >= 15 is 0 Å². The summed E-state index contributed by atoms with van der Waals surface area (Å²) >= 11 is 0. The molecular weight excluding hydrogens is 284 g/mol. The first-order chi connectivity index (χ1) is 11.0. The SMILES string of the molecule is Cc1ccc(Cn2nc(-c3ccc(C)cc3C)ccc2=O)cc1. The summed E-state index contributed by atoms with van der Waals surface area (Å²) in [6.45, 7) is 6.68. The predicted octanol–water partition coefficient (Wildman–Crippen LogP) is 3.88. The predicted molar refractivity (Wildman–Crippen MR) is 93.7 cm³/mol. The van der Waals surface area contributed by atoms with Gasteiger partial charge < -0.3 is 0 Å². The third-order valence-corrected chi connectivity index (χ3v) is 3.98. The lowest BCUT2D eigenvalue weighted by Crippen LogP contribution is -2.22. The average Bonchev–Trinajstić information content (AvgIpc) is 2.52. The van der Waals surface area contributed by atoms with E-state index in [2.05, 4.69) is 44.1 Å². The molecule has 23 heavy (non-hydrogen) atoms. The van der Waals surface area contributed by atoms with E-state index < -0.39 is 0 Å². The van der Waals surface area contributed by atoms with Crippen LogP contribution in [0.3, 0.4) is 0 Å². The normalized spacial score (nSPS) is 10.7. The Morgan fingerprint density at radius 1 is 0.870 bits per heavy atom. The second-order valence-corrected chi connectivity index (χ2v) is 6.02. The van der Waals surface area contributed by atoms with Crippen molar-refractivity contribution in [3.63, 3.8) is 0 Å². The van der Waals surface area contributed by atoms with Gasteiger partial charge >= 0.3 is 0 Å². The van der Waals surface area contributed by atoms with Gasteiger partial charge in [-0.2, -0.15) is 5.10 Å². The summed E-state index contributed by atoms with van der Waals surface area (Å²) in [5, 5.41) is 4.55. The van der Waals surface area contributed by atoms with E-state index in [0.717, 1.165) is 22.4 Å². The molecule has 3 heteroatoms. The van der Waals surface area contributed by atoms with Crippen LogP contribution in [0.2, 0.25) is 0 Å². The third-order valence-electron chi connectivity index (χ3n) is 3.98. The van der Waals surface area contributed by atoms with Crippen molar-refractivity contribution in [2.75, 3.05) is 0 Å². The number of aromatic nitrogens is 2. The highest BCUT2D eigenvalue weighted by Crippen LogP contribution is 2.21. The van der Waals surface area contributed by atoms with Gasteiger partial charge in [0.2, 0.25) is 0 Å². The van der Waals surface area contributed by atoms with E-state index in [9.17, 15) is 4.79 Å². The molecule has 3 aromatic rings. The van der Waals surface area contributed by atoms with Crippen LogP contribution in [0.15, 0.2) is 59.4 Å². The Kier molecular flexibility index (Phi) is 4.11. The summed E-state index contributed by atoms with van der Waals surface area (Å²) in [6.07, 6.45) is 0. The number of nitrogens with zero attached hydrogens (tertiary/aromatic N) is 2. The summed E-state index contributed by atoms with van der Waals surface area (Å²) in [5.74, 6) is 0. The molecule has 0 aliphatic heterocycles. The molecule has 116 valence electrons. The van der Waals surface area contributed by atoms with Gasteiger partial charge in [-0.1, -0.05) is 53.6 Å². The van der Waals surface area contributed by atoms with Crippen molar-refractivity contribution in [2.24, 2.45) is 0 Å². The lowest BCUT2D eigenvalue weighted by Gasteiger charge is -2.10. The van der Waals surface area contributed by atoms with E-state index in [4.69, 9.17) is 0 Å². The van der Waals surface area contributed by atoms with E-state index in [0.29, 0.717) is 6.54 Å². The van der Waals surface area contributed by atoms with Crippen LogP contribution in [0.5, 0.6) is 0 Å². The molecule has 2 aromatic carbocycles. The van der Waals surface area contributed by atoms with E-state index in [-0.39, 0.29) is 5.56 Å². The largest absolute Gasteiger partial charge is 0.268 e. The lowest BCUT2D eigenvalue weighted by atomic mass is 10.0. The van der Waals surface area contributed by atoms with Crippen LogP contribution in [0.4, 0.5) is 0 Å². The lowest BCUT2D eigenvalue weighted by molar-refractivity contribution is 0.642. The highest BCUT2D eigenvalue weighted by Gasteiger charge is 2.07. The zero-order valence-electron chi connectivity index (χ0n) is 13.7. The molecule has 0 N–H and O–H groups in total. The minimum absolute atomic E-state index is 0.0842. The van der Waals surface area contributed by atoms with Crippen molar-refractivity contribution in [1.29, 1.82) is 0 Å². The Bertz CT molecular complexity index is 892. The highest BCUT2D eigenvalue weighted by molar-refractivity contribution is 5.63. The standard InChI is InChI=1S/C20H20N2O/c1-14-4-7-17(8-5-14)13-22-20(23)11-10-19(21-22)18-9-6-15(2)12-16(18)3/h4-12H,13H2,1-3H3. The average molecular weight is 304 g/mol. The van der Waals surface area contributed by atoms with Gasteiger partial charge in [0.25, 0.3) is 5.56 Å². The highest BCUT2D eigenvalue weighted by atomic mass is 16.1. The molecule has 0 unspecified atom stereocenters. The Labute approximate surface area is 136 Å². The zero-order valence-corrected chi connectivity index (χ0v) is 13.7. The van der Waals surface area contributed by atoms with Crippen LogP contribution in [0.25, 0.3) is 11.3 Å². The molecule has 0 fully saturated rings. The summed E-state index contributed by atoms with van der Waals surface area (Å²) in [7, 11) is 0. The van der Waals surface area contributed by atoms with Crippen molar-refractivity contribution < 1.29 is 0 Å². The van der Waals surface area contributed by atoms with Crippen molar-refractivity contribution in [2.45, 2.75) is 27.3 Å². The minimum atomic E-state index is -0.0842. The number of aryl methyl sites for hydroxylation is 3. The second-order valence-electron chi connectivity index (χ2n) is 6.02. The van der Waals surface area contributed by atoms with Gasteiger partial charge in [-0.15, -0.1) is 0 Å². The quantitative estimate of drug-likeness (QED) is 0.736. The Morgan fingerprint density at radius 3 is 2.26 bits per heavy atom. The van der Waals surface area contributed by atoms with Gasteiger partial charge in [0, 0.05) is 11.6 Å². The van der Waals surface area contributed by atoms with Gasteiger partial charge in [-0.25, -0.2) is 4.68 Å². The maximum Gasteiger partial charge on any atom is 0.267 e. The van der Waals surface area contributed by atoms with Crippen molar-refractivity contribution in [3.05, 3.63) is 87.2 Å². The molecule has 0 atom stereocenters. The number of hydrogen-bond acceptors (Lipinski definition) is 2. The van der Waals surface area contributed by atoms with Crippen LogP contribution >= 0.6 is 0 Å². The topological polar surface area (TPSA) is 34.9 Å². The van der Waals surface area contributed by atoms with Crippen molar-refractivity contribution in [3.8, 4) is 11.3 Å². The smallest absolute Gasteiger partial charge is 0.267 e. The first kappa shape index (κ1) is 15.2. The van der Waals surface area contributed by atoms with Gasteiger partial charge in [-0.3, -0.25) is 4.79 Å². The molecule has 0 spiro atoms. The van der Waals surface area contributed by atoms with Crippen LogP contribution in [-0.4, -0.2) is 9.78 Å². The summed E-state index contributed by atoms with van der Waals surface area (Å²) in [4.78, 5) is 12.1. The van der Waals surface area contributed by atoms with Crippen molar-refractivity contribution >= 4 is 0 Å². The summed E-state index contributed by atoms with van der Waals surface area (Å²) in [5.41, 5.74) is 6.47. The van der Waals surface area contributed by atoms with Gasteiger partial charge in [0.1, 0.15) is 0 Å². The fraction of sp³-hybridized carbons (Fsp3) is 0.200. The molecule has 0 aliphatic rings. The summed E-state index contributed by atoms with van der Waals surface area (Å²) in [6, 6.07) is 17.8. The molecule has 0 aliphatic carbocycles. The second kappa shape index (κ2) is 6.21. The maximum absolute atomic E-state index is 12.1. The van der Waals surface area contributed by atoms with Crippen molar-refractivity contribution in [1.82, 2.24) is 9.78 Å². The molecule has 1 heterocycles. The Morgan fingerprint density at radius 2 is 1.57 bits per heavy atom. The number of benzene rings is 2. The number of hydrogen-bond donors (Lipinski definition) is 0. The van der Waals surface area contributed by atoms with Gasteiger partial charge in [0.05, 0.1) is 12.2 Å². The summed E-state index contributed by atoms with van der Waals surface area (Å²) < 4.78 is 1.53. The first-order valence-corrected chi connectivity index (χ1v) is 7.74. The van der Waals surface area contributed by atoms with Crippen LogP contribution in [-0.2, 0) is 6.54 Å². The van der Waals surface area contributed by atoms with E-state index in [1.165, 1.54) is 15.8 Å². The molecule has 0 saturated carbocycles. The van der Waals surface area contributed by atoms with Crippen LogP contribution in [0, 0.1) is 20.8 Å². The third kappa shape index (κ3) is 3.39. The monoisotopic (exact) mass is 304 g/mol. The maximum atomic E-state index is 12.1. The molecular formula is C20H20N2O. The van der Waals surface area contributed by atoms with E-state index in [1.807, 2.05) is 24.3 Å². The van der Waals surface area contributed by atoms with Gasteiger partial charge in [-0.05, 0) is 38.0 Å². The zero-order chi connectivity index (χ0) is 16.4. The van der Waals surface area contributed by atoms with E-state index in [1.54, 1.807) is 12.1 Å². The minimum Gasteiger partial charge on any atom is -0.268 e. The molecule has 3 rings (SSSR count). The molecule has 3 nitrogen and oxygen atoms in total. The van der Waals surface area contributed by atoms with Crippen LogP contribution < -0.4 is 5.56 Å². The first-order valence-electron chi connectivity index (χ1n) is 7.74. The Hall–Kier alpha value is -2.68. The fourth-order valence-corrected chi connectivity index (χ4v) is 2.67. The molecule has 0 radical (unpaired) electrons. The molecule has 0 bridgehead atoms. The Balaban J connectivity index is 1.99. The molecule has 0 saturated heterocycles.